The van der Waals surface area contributed by atoms with E-state index in [0.29, 0.717) is 13.1 Å². The Morgan fingerprint density at radius 2 is 2.17 bits per heavy atom. The first-order valence-electron chi connectivity index (χ1n) is 3.40. The summed E-state index contributed by atoms with van der Waals surface area (Å²) in [6.45, 7) is 2.26. The van der Waals surface area contributed by atoms with Crippen molar-refractivity contribution in [3.05, 3.63) is 6.54 Å². The average Bonchev–Trinajstić information content (AvgIpc) is 1.97. The summed E-state index contributed by atoms with van der Waals surface area (Å²) in [5.74, 6) is -0.863. The molecule has 0 rings (SSSR count). The fourth-order valence-electron chi connectivity index (χ4n) is 0.656. The first-order chi connectivity index (χ1) is 5.20. The summed E-state index contributed by atoms with van der Waals surface area (Å²) in [4.78, 5) is 10.2. The molecule has 0 bridgehead atoms. The van der Waals surface area contributed by atoms with Crippen molar-refractivity contribution in [2.24, 2.45) is 11.5 Å². The zero-order chi connectivity index (χ0) is 8.69. The van der Waals surface area contributed by atoms with Crippen molar-refractivity contribution >= 4 is 5.97 Å². The first kappa shape index (κ1) is 14.9. The largest absolute Gasteiger partial charge is 1.00 e. The molecule has 0 radical (unpaired) electrons. The Bertz CT molecular complexity index is 123. The van der Waals surface area contributed by atoms with E-state index < -0.39 is 5.97 Å². The number of carboxylic acids is 1. The van der Waals surface area contributed by atoms with E-state index in [0.717, 1.165) is 0 Å². The number of aliphatic carboxylic acids is 1. The van der Waals surface area contributed by atoms with Gasteiger partial charge in [0.15, 0.2) is 0 Å². The fourth-order valence-corrected chi connectivity index (χ4v) is 0.656. The van der Waals surface area contributed by atoms with Crippen molar-refractivity contribution in [1.29, 1.82) is 0 Å². The number of hydrogen-bond donors (Lipinski definition) is 4. The number of carbonyl (C=O) groups is 1. The Labute approximate surface area is 94.2 Å². The van der Waals surface area contributed by atoms with Gasteiger partial charge in [-0.25, -0.2) is 0 Å². The molecular weight excluding hydrogens is 169 g/mol. The molecule has 0 amide bonds. The van der Waals surface area contributed by atoms with Crippen molar-refractivity contribution in [1.82, 2.24) is 5.32 Å². The first-order valence-corrected chi connectivity index (χ1v) is 3.40. The molecule has 0 saturated heterocycles. The number of nitrogens with one attached hydrogen (secondary N) is 1. The van der Waals surface area contributed by atoms with Crippen LogP contribution in [0.1, 0.15) is 6.42 Å². The van der Waals surface area contributed by atoms with Crippen molar-refractivity contribution in [2.75, 3.05) is 13.1 Å². The van der Waals surface area contributed by atoms with Gasteiger partial charge >= 0.3 is 35.5 Å². The molecule has 0 aromatic heterocycles. The van der Waals surface area contributed by atoms with Gasteiger partial charge in [-0.15, -0.1) is 6.54 Å². The minimum atomic E-state index is -0.863. The molecule has 0 aromatic carbocycles. The van der Waals surface area contributed by atoms with E-state index in [-0.39, 0.29) is 42.0 Å². The van der Waals surface area contributed by atoms with Gasteiger partial charge in [-0.05, 0) is 0 Å². The fraction of sp³-hybridized carbons (Fsp3) is 0.667. The van der Waals surface area contributed by atoms with Crippen molar-refractivity contribution < 1.29 is 39.5 Å². The SMILES string of the molecule is NC[CH-]NC(CN)CC(=O)O.[Na+]. The van der Waals surface area contributed by atoms with E-state index in [4.69, 9.17) is 16.6 Å². The second kappa shape index (κ2) is 9.44. The molecule has 0 heterocycles. The number of carboxylic acid groups (broad SMARTS) is 1. The van der Waals surface area contributed by atoms with Gasteiger partial charge in [0.05, 0.1) is 6.42 Å². The molecule has 1 atom stereocenters. The van der Waals surface area contributed by atoms with Crippen LogP contribution in [0.5, 0.6) is 0 Å². The summed E-state index contributed by atoms with van der Waals surface area (Å²) in [5, 5.41) is 11.2. The molecule has 0 saturated carbocycles. The second-order valence-electron chi connectivity index (χ2n) is 2.14. The molecule has 12 heavy (non-hydrogen) atoms. The van der Waals surface area contributed by atoms with Crippen molar-refractivity contribution in [2.45, 2.75) is 12.5 Å². The van der Waals surface area contributed by atoms with Crippen LogP contribution >= 0.6 is 0 Å². The number of hydrogen-bond acceptors (Lipinski definition) is 4. The van der Waals surface area contributed by atoms with Crippen LogP contribution in [0.4, 0.5) is 0 Å². The summed E-state index contributed by atoms with van der Waals surface area (Å²) in [7, 11) is 0. The van der Waals surface area contributed by atoms with Crippen molar-refractivity contribution in [3.63, 3.8) is 0 Å². The quantitative estimate of drug-likeness (QED) is 0.245. The Hall–Kier alpha value is 0.350. The molecule has 0 aliphatic carbocycles. The van der Waals surface area contributed by atoms with E-state index in [1.165, 1.54) is 0 Å². The molecule has 0 aliphatic rings. The van der Waals surface area contributed by atoms with Gasteiger partial charge in [0, 0.05) is 12.6 Å². The van der Waals surface area contributed by atoms with Gasteiger partial charge in [0.1, 0.15) is 0 Å². The summed E-state index contributed by atoms with van der Waals surface area (Å²) < 4.78 is 0. The monoisotopic (exact) mass is 183 g/mol. The van der Waals surface area contributed by atoms with Crippen LogP contribution in [0.15, 0.2) is 0 Å². The minimum Gasteiger partial charge on any atom is -0.481 e. The molecule has 0 aromatic rings. The summed E-state index contributed by atoms with van der Waals surface area (Å²) in [6.07, 6.45) is 0.0208. The van der Waals surface area contributed by atoms with Crippen LogP contribution in [0.2, 0.25) is 0 Å². The Kier molecular flexibility index (Phi) is 11.7. The molecule has 66 valence electrons. The minimum absolute atomic E-state index is 0. The molecule has 6 N–H and O–H groups in total. The number of nitrogens with two attached hydrogens (primary N) is 2. The average molecular weight is 183 g/mol. The van der Waals surface area contributed by atoms with E-state index >= 15 is 0 Å². The summed E-state index contributed by atoms with van der Waals surface area (Å²) >= 11 is 0. The van der Waals surface area contributed by atoms with Crippen LogP contribution < -0.4 is 46.3 Å². The van der Waals surface area contributed by atoms with Gasteiger partial charge in [-0.1, -0.05) is 0 Å². The molecule has 0 fully saturated rings. The van der Waals surface area contributed by atoms with Crippen LogP contribution in [-0.2, 0) is 4.79 Å². The third-order valence-corrected chi connectivity index (χ3v) is 1.18. The Morgan fingerprint density at radius 3 is 2.50 bits per heavy atom. The summed E-state index contributed by atoms with van der Waals surface area (Å²) in [5.41, 5.74) is 10.4. The van der Waals surface area contributed by atoms with Crippen molar-refractivity contribution in [3.8, 4) is 0 Å². The molecule has 0 aliphatic heterocycles. The van der Waals surface area contributed by atoms with Gasteiger partial charge in [-0.3, -0.25) is 11.3 Å². The number of rotatable bonds is 6. The maximum atomic E-state index is 10.2. The smallest absolute Gasteiger partial charge is 0.481 e. The second-order valence-corrected chi connectivity index (χ2v) is 2.14. The Morgan fingerprint density at radius 1 is 1.58 bits per heavy atom. The van der Waals surface area contributed by atoms with E-state index in [1.807, 2.05) is 0 Å². The van der Waals surface area contributed by atoms with Gasteiger partial charge in [-0.2, -0.15) is 0 Å². The molecule has 5 nitrogen and oxygen atoms in total. The molecule has 6 heteroatoms. The zero-order valence-electron chi connectivity index (χ0n) is 7.29. The molecule has 1 unspecified atom stereocenters. The van der Waals surface area contributed by atoms with Gasteiger partial charge in [0.25, 0.3) is 0 Å². The van der Waals surface area contributed by atoms with Gasteiger partial charge < -0.3 is 21.9 Å². The van der Waals surface area contributed by atoms with Crippen LogP contribution in [0.3, 0.4) is 0 Å². The van der Waals surface area contributed by atoms with Crippen LogP contribution in [0, 0.1) is 6.54 Å². The predicted molar refractivity (Wildman–Crippen MR) is 41.6 cm³/mol. The molecule has 0 spiro atoms. The molecular formula is C6H14N3NaO2. The van der Waals surface area contributed by atoms with E-state index in [2.05, 4.69) is 5.32 Å². The topological polar surface area (TPSA) is 101 Å². The zero-order valence-corrected chi connectivity index (χ0v) is 9.29. The maximum Gasteiger partial charge on any atom is 1.00 e. The van der Waals surface area contributed by atoms with Gasteiger partial charge in [0.2, 0.25) is 0 Å². The van der Waals surface area contributed by atoms with E-state index in [9.17, 15) is 4.79 Å². The standard InChI is InChI=1S/C6H14N3O2.Na/c7-1-2-9-5(4-8)3-6(10)11;/h2,5,9H,1,3-4,7-8H2,(H,10,11);/q-1;+1. The maximum absolute atomic E-state index is 10.2. The third kappa shape index (κ3) is 8.45. The third-order valence-electron chi connectivity index (χ3n) is 1.18. The summed E-state index contributed by atoms with van der Waals surface area (Å²) in [6, 6.07) is -0.212. The Balaban J connectivity index is 0. The van der Waals surface area contributed by atoms with E-state index in [1.54, 1.807) is 6.54 Å². The normalized spacial score (nSPS) is 11.8. The van der Waals surface area contributed by atoms with Crippen LogP contribution in [0.25, 0.3) is 0 Å². The van der Waals surface area contributed by atoms with Crippen LogP contribution in [-0.4, -0.2) is 30.2 Å². The predicted octanol–water partition coefficient (Wildman–Crippen LogP) is -4.50.